The molecule has 0 spiro atoms. The Morgan fingerprint density at radius 2 is 1.70 bits per heavy atom. The molecule has 0 unspecified atom stereocenters. The van der Waals surface area contributed by atoms with Crippen molar-refractivity contribution >= 4 is 11.6 Å². The fourth-order valence-corrected chi connectivity index (χ4v) is 2.36. The average Bonchev–Trinajstić information content (AvgIpc) is 2.51. The fourth-order valence-electron chi connectivity index (χ4n) is 2.36. The maximum absolute atomic E-state index is 12.5. The zero-order chi connectivity index (χ0) is 17.0. The third-order valence-corrected chi connectivity index (χ3v) is 4.07. The molecular weight excluding hydrogens is 286 g/mol. The minimum absolute atomic E-state index is 0.112. The van der Waals surface area contributed by atoms with Crippen LogP contribution in [0.1, 0.15) is 35.6 Å². The van der Waals surface area contributed by atoms with Crippen LogP contribution in [0.15, 0.2) is 36.4 Å². The Bertz CT molecular complexity index is 707. The number of nitrogens with one attached hydrogen (secondary N) is 1. The first kappa shape index (κ1) is 17.1. The van der Waals surface area contributed by atoms with E-state index in [1.54, 1.807) is 0 Å². The quantitative estimate of drug-likeness (QED) is 0.868. The van der Waals surface area contributed by atoms with Crippen LogP contribution < -0.4 is 10.1 Å². The largest absolute Gasteiger partial charge is 0.481 e. The van der Waals surface area contributed by atoms with Gasteiger partial charge in [-0.15, -0.1) is 0 Å². The highest BCUT2D eigenvalue weighted by Gasteiger charge is 2.19. The second kappa shape index (κ2) is 7.32. The molecule has 3 nitrogen and oxygen atoms in total. The van der Waals surface area contributed by atoms with Gasteiger partial charge < -0.3 is 10.1 Å². The summed E-state index contributed by atoms with van der Waals surface area (Å²) in [6, 6.07) is 11.9. The first-order chi connectivity index (χ1) is 10.9. The highest BCUT2D eigenvalue weighted by Crippen LogP contribution is 2.20. The average molecular weight is 311 g/mol. The normalized spacial score (nSPS) is 11.9. The summed E-state index contributed by atoms with van der Waals surface area (Å²) in [6.45, 7) is 10.1. The summed E-state index contributed by atoms with van der Waals surface area (Å²) in [5, 5.41) is 2.98. The van der Waals surface area contributed by atoms with E-state index in [2.05, 4.69) is 12.2 Å². The SMILES string of the molecule is CC[C@@H](Oc1ccc(C)c(C)c1)C(=O)Nc1cc(C)ccc1C. The van der Waals surface area contributed by atoms with E-state index in [-0.39, 0.29) is 5.91 Å². The number of aryl methyl sites for hydroxylation is 4. The first-order valence-electron chi connectivity index (χ1n) is 8.02. The lowest BCUT2D eigenvalue weighted by atomic mass is 10.1. The number of rotatable bonds is 5. The van der Waals surface area contributed by atoms with Crippen LogP contribution in [0.3, 0.4) is 0 Å². The lowest BCUT2D eigenvalue weighted by Gasteiger charge is -2.19. The lowest BCUT2D eigenvalue weighted by Crippen LogP contribution is -2.32. The van der Waals surface area contributed by atoms with Gasteiger partial charge in [-0.05, 0) is 74.6 Å². The topological polar surface area (TPSA) is 38.3 Å². The molecule has 0 aliphatic carbocycles. The molecule has 2 aromatic carbocycles. The Morgan fingerprint density at radius 3 is 2.35 bits per heavy atom. The maximum atomic E-state index is 12.5. The first-order valence-corrected chi connectivity index (χ1v) is 8.02. The van der Waals surface area contributed by atoms with Crippen LogP contribution in [-0.2, 0) is 4.79 Å². The zero-order valence-corrected chi connectivity index (χ0v) is 14.6. The Balaban J connectivity index is 2.11. The van der Waals surface area contributed by atoms with Crippen molar-refractivity contribution in [1.29, 1.82) is 0 Å². The monoisotopic (exact) mass is 311 g/mol. The van der Waals surface area contributed by atoms with E-state index in [1.165, 1.54) is 5.56 Å². The van der Waals surface area contributed by atoms with Crippen LogP contribution in [0.4, 0.5) is 5.69 Å². The minimum atomic E-state index is -0.503. The summed E-state index contributed by atoms with van der Waals surface area (Å²) >= 11 is 0. The maximum Gasteiger partial charge on any atom is 0.265 e. The van der Waals surface area contributed by atoms with Gasteiger partial charge in [0.05, 0.1) is 0 Å². The molecule has 1 amide bonds. The van der Waals surface area contributed by atoms with Crippen molar-refractivity contribution in [3.63, 3.8) is 0 Å². The second-order valence-electron chi connectivity index (χ2n) is 6.07. The molecule has 0 fully saturated rings. The number of benzene rings is 2. The second-order valence-corrected chi connectivity index (χ2v) is 6.07. The van der Waals surface area contributed by atoms with Crippen molar-refractivity contribution in [2.24, 2.45) is 0 Å². The zero-order valence-electron chi connectivity index (χ0n) is 14.6. The summed E-state index contributed by atoms with van der Waals surface area (Å²) < 4.78 is 5.89. The van der Waals surface area contributed by atoms with Crippen molar-refractivity contribution in [2.75, 3.05) is 5.32 Å². The van der Waals surface area contributed by atoms with Crippen molar-refractivity contribution in [1.82, 2.24) is 0 Å². The summed E-state index contributed by atoms with van der Waals surface area (Å²) in [5.41, 5.74) is 5.38. The van der Waals surface area contributed by atoms with Gasteiger partial charge >= 0.3 is 0 Å². The molecule has 0 heterocycles. The number of carbonyl (C=O) groups is 1. The highest BCUT2D eigenvalue weighted by molar-refractivity contribution is 5.95. The lowest BCUT2D eigenvalue weighted by molar-refractivity contribution is -0.122. The van der Waals surface area contributed by atoms with Gasteiger partial charge in [-0.2, -0.15) is 0 Å². The molecule has 0 saturated carbocycles. The van der Waals surface area contributed by atoms with Gasteiger partial charge in [0.2, 0.25) is 0 Å². The molecule has 0 radical (unpaired) electrons. The smallest absolute Gasteiger partial charge is 0.265 e. The van der Waals surface area contributed by atoms with E-state index in [1.807, 2.05) is 64.1 Å². The summed E-state index contributed by atoms with van der Waals surface area (Å²) in [6.07, 6.45) is 0.112. The van der Waals surface area contributed by atoms with Crippen molar-refractivity contribution in [2.45, 2.75) is 47.1 Å². The van der Waals surface area contributed by atoms with Gasteiger partial charge in [-0.3, -0.25) is 4.79 Å². The van der Waals surface area contributed by atoms with E-state index in [0.717, 1.165) is 28.1 Å². The molecule has 1 atom stereocenters. The van der Waals surface area contributed by atoms with Crippen LogP contribution >= 0.6 is 0 Å². The Kier molecular flexibility index (Phi) is 5.43. The molecule has 23 heavy (non-hydrogen) atoms. The molecule has 122 valence electrons. The number of ether oxygens (including phenoxy) is 1. The van der Waals surface area contributed by atoms with E-state index in [0.29, 0.717) is 6.42 Å². The van der Waals surface area contributed by atoms with Crippen LogP contribution in [0.25, 0.3) is 0 Å². The molecule has 1 N–H and O–H groups in total. The molecule has 2 rings (SSSR count). The third kappa shape index (κ3) is 4.35. The van der Waals surface area contributed by atoms with Gasteiger partial charge in [0.25, 0.3) is 5.91 Å². The number of anilines is 1. The molecule has 0 aliphatic heterocycles. The minimum Gasteiger partial charge on any atom is -0.481 e. The van der Waals surface area contributed by atoms with Crippen molar-refractivity contribution in [3.05, 3.63) is 58.7 Å². The van der Waals surface area contributed by atoms with Gasteiger partial charge in [-0.1, -0.05) is 25.1 Å². The van der Waals surface area contributed by atoms with Gasteiger partial charge in [-0.25, -0.2) is 0 Å². The Labute approximate surface area is 138 Å². The predicted molar refractivity (Wildman–Crippen MR) is 95.2 cm³/mol. The van der Waals surface area contributed by atoms with E-state index < -0.39 is 6.10 Å². The molecule has 0 aliphatic rings. The fraction of sp³-hybridized carbons (Fsp3) is 0.350. The number of amides is 1. The summed E-state index contributed by atoms with van der Waals surface area (Å²) in [7, 11) is 0. The summed E-state index contributed by atoms with van der Waals surface area (Å²) in [4.78, 5) is 12.5. The Hall–Kier alpha value is -2.29. The molecule has 0 bridgehead atoms. The molecule has 0 aromatic heterocycles. The van der Waals surface area contributed by atoms with Gasteiger partial charge in [0, 0.05) is 5.69 Å². The summed E-state index contributed by atoms with van der Waals surface area (Å²) in [5.74, 6) is 0.621. The molecular formula is C20H25NO2. The third-order valence-electron chi connectivity index (χ3n) is 4.07. The van der Waals surface area contributed by atoms with Crippen molar-refractivity contribution in [3.8, 4) is 5.75 Å². The number of carbonyl (C=O) groups excluding carboxylic acids is 1. The molecule has 3 heteroatoms. The van der Waals surface area contributed by atoms with E-state index in [9.17, 15) is 4.79 Å². The van der Waals surface area contributed by atoms with E-state index >= 15 is 0 Å². The highest BCUT2D eigenvalue weighted by atomic mass is 16.5. The van der Waals surface area contributed by atoms with Gasteiger partial charge in [0.15, 0.2) is 6.10 Å². The van der Waals surface area contributed by atoms with Gasteiger partial charge in [0.1, 0.15) is 5.75 Å². The van der Waals surface area contributed by atoms with E-state index in [4.69, 9.17) is 4.74 Å². The van der Waals surface area contributed by atoms with Crippen LogP contribution in [-0.4, -0.2) is 12.0 Å². The Morgan fingerprint density at radius 1 is 1.00 bits per heavy atom. The standard InChI is InChI=1S/C20H25NO2/c1-6-19(23-17-10-9-14(3)16(5)12-17)20(22)21-18-11-13(2)7-8-15(18)4/h7-12,19H,6H2,1-5H3,(H,21,22)/t19-/m1/s1. The number of hydrogen-bond donors (Lipinski definition) is 1. The predicted octanol–water partition coefficient (Wildman–Crippen LogP) is 4.72. The van der Waals surface area contributed by atoms with Crippen LogP contribution in [0, 0.1) is 27.7 Å². The molecule has 2 aromatic rings. The molecule has 0 saturated heterocycles. The van der Waals surface area contributed by atoms with Crippen LogP contribution in [0.5, 0.6) is 5.75 Å². The number of hydrogen-bond acceptors (Lipinski definition) is 2. The van der Waals surface area contributed by atoms with Crippen molar-refractivity contribution < 1.29 is 9.53 Å². The van der Waals surface area contributed by atoms with Crippen LogP contribution in [0.2, 0.25) is 0 Å².